The van der Waals surface area contributed by atoms with Gasteiger partial charge in [-0.1, -0.05) is 6.07 Å². The minimum Gasteiger partial charge on any atom is -0.339 e. The number of hydrogen-bond acceptors (Lipinski definition) is 3. The van der Waals surface area contributed by atoms with Crippen molar-refractivity contribution in [1.29, 1.82) is 0 Å². The van der Waals surface area contributed by atoms with Crippen molar-refractivity contribution in [3.05, 3.63) is 35.4 Å². The minimum atomic E-state index is -0.873. The lowest BCUT2D eigenvalue weighted by Crippen LogP contribution is -2.51. The number of carbonyl (C=O) groups is 2. The summed E-state index contributed by atoms with van der Waals surface area (Å²) in [6, 6.07) is 3.32. The molecule has 1 aliphatic heterocycles. The maximum Gasteiger partial charge on any atom is 0.259 e. The van der Waals surface area contributed by atoms with Gasteiger partial charge in [0.25, 0.3) is 5.91 Å². The first-order chi connectivity index (χ1) is 10.0. The number of hydrogen-bond donors (Lipinski definition) is 1. The van der Waals surface area contributed by atoms with Gasteiger partial charge in [-0.3, -0.25) is 9.59 Å². The van der Waals surface area contributed by atoms with Gasteiger partial charge in [0.15, 0.2) is 0 Å². The first kappa shape index (κ1) is 18.3. The van der Waals surface area contributed by atoms with Crippen molar-refractivity contribution in [1.82, 2.24) is 9.80 Å². The van der Waals surface area contributed by atoms with Crippen LogP contribution in [0, 0.1) is 11.6 Å². The van der Waals surface area contributed by atoms with Gasteiger partial charge in [0.1, 0.15) is 17.2 Å². The van der Waals surface area contributed by atoms with E-state index in [1.54, 1.807) is 4.90 Å². The molecular weight excluding hydrogens is 316 g/mol. The van der Waals surface area contributed by atoms with Crippen molar-refractivity contribution in [2.75, 3.05) is 32.7 Å². The lowest BCUT2D eigenvalue weighted by Gasteiger charge is -2.34. The van der Waals surface area contributed by atoms with Crippen LogP contribution in [0.25, 0.3) is 0 Å². The Balaban J connectivity index is 0.00000242. The van der Waals surface area contributed by atoms with Crippen LogP contribution in [-0.4, -0.2) is 54.3 Å². The molecule has 5 nitrogen and oxygen atoms in total. The third-order valence-corrected chi connectivity index (χ3v) is 3.45. The summed E-state index contributed by atoms with van der Waals surface area (Å²) >= 11 is 0. The molecule has 0 spiro atoms. The van der Waals surface area contributed by atoms with Crippen LogP contribution in [0.15, 0.2) is 18.2 Å². The zero-order valence-corrected chi connectivity index (χ0v) is 12.7. The number of nitrogens with zero attached hydrogens (tertiary/aromatic N) is 2. The van der Waals surface area contributed by atoms with Gasteiger partial charge in [-0.15, -0.1) is 12.4 Å². The molecule has 8 heteroatoms. The molecular formula is C14H18ClF2N3O2. The molecule has 0 saturated carbocycles. The molecule has 1 heterocycles. The molecule has 1 saturated heterocycles. The predicted molar refractivity (Wildman–Crippen MR) is 79.8 cm³/mol. The number of halogens is 3. The van der Waals surface area contributed by atoms with Gasteiger partial charge in [0.05, 0.1) is 0 Å². The third-order valence-electron chi connectivity index (χ3n) is 3.45. The van der Waals surface area contributed by atoms with Crippen LogP contribution in [0.3, 0.4) is 0 Å². The van der Waals surface area contributed by atoms with Gasteiger partial charge in [0.2, 0.25) is 5.91 Å². The van der Waals surface area contributed by atoms with Crippen LogP contribution in [0.1, 0.15) is 16.8 Å². The van der Waals surface area contributed by atoms with Crippen molar-refractivity contribution in [3.8, 4) is 0 Å². The van der Waals surface area contributed by atoms with Crippen LogP contribution in [0.5, 0.6) is 0 Å². The molecule has 0 aliphatic carbocycles. The molecule has 2 N–H and O–H groups in total. The lowest BCUT2D eigenvalue weighted by atomic mass is 10.1. The molecule has 22 heavy (non-hydrogen) atoms. The minimum absolute atomic E-state index is 0. The van der Waals surface area contributed by atoms with Crippen LogP contribution in [0.4, 0.5) is 8.78 Å². The zero-order valence-electron chi connectivity index (χ0n) is 11.9. The lowest BCUT2D eigenvalue weighted by molar-refractivity contribution is -0.132. The molecule has 1 fully saturated rings. The Labute approximate surface area is 133 Å². The van der Waals surface area contributed by atoms with Crippen molar-refractivity contribution in [2.24, 2.45) is 5.73 Å². The smallest absolute Gasteiger partial charge is 0.259 e. The molecule has 0 radical (unpaired) electrons. The van der Waals surface area contributed by atoms with E-state index in [1.165, 1.54) is 11.0 Å². The Kier molecular flexibility index (Phi) is 6.70. The molecule has 0 unspecified atom stereocenters. The summed E-state index contributed by atoms with van der Waals surface area (Å²) in [6.45, 7) is 1.48. The molecule has 0 bridgehead atoms. The summed E-state index contributed by atoms with van der Waals surface area (Å²) in [5.74, 6) is -2.50. The Morgan fingerprint density at radius 3 is 2.05 bits per heavy atom. The summed E-state index contributed by atoms with van der Waals surface area (Å²) in [5, 5.41) is 0. The number of nitrogens with two attached hydrogens (primary N) is 1. The Morgan fingerprint density at radius 1 is 1.05 bits per heavy atom. The molecule has 1 aliphatic rings. The molecule has 122 valence electrons. The number of amides is 2. The van der Waals surface area contributed by atoms with Gasteiger partial charge in [-0.05, 0) is 12.1 Å². The molecule has 0 atom stereocenters. The molecule has 1 aromatic rings. The maximum absolute atomic E-state index is 13.6. The van der Waals surface area contributed by atoms with E-state index in [1.807, 2.05) is 0 Å². The highest BCUT2D eigenvalue weighted by Gasteiger charge is 2.27. The van der Waals surface area contributed by atoms with Gasteiger partial charge < -0.3 is 15.5 Å². The van der Waals surface area contributed by atoms with Crippen molar-refractivity contribution in [3.63, 3.8) is 0 Å². The summed E-state index contributed by atoms with van der Waals surface area (Å²) in [4.78, 5) is 26.8. The summed E-state index contributed by atoms with van der Waals surface area (Å²) in [7, 11) is 0. The Bertz CT molecular complexity index is 529. The number of benzene rings is 1. The average Bonchev–Trinajstić information content (AvgIpc) is 2.47. The van der Waals surface area contributed by atoms with Crippen molar-refractivity contribution >= 4 is 24.2 Å². The van der Waals surface area contributed by atoms with Crippen LogP contribution in [-0.2, 0) is 4.79 Å². The average molecular weight is 334 g/mol. The fourth-order valence-electron chi connectivity index (χ4n) is 2.30. The second-order valence-electron chi connectivity index (χ2n) is 4.81. The van der Waals surface area contributed by atoms with Crippen LogP contribution < -0.4 is 5.73 Å². The molecule has 0 aromatic heterocycles. The standard InChI is InChI=1S/C14H17F2N3O2.ClH/c15-10-2-1-3-11(16)13(10)14(21)19-8-6-18(7-9-19)12(20)4-5-17;/h1-3H,4-9,17H2;1H. The summed E-state index contributed by atoms with van der Waals surface area (Å²) in [6.07, 6.45) is 0.260. The zero-order chi connectivity index (χ0) is 15.4. The van der Waals surface area contributed by atoms with Crippen LogP contribution in [0.2, 0.25) is 0 Å². The first-order valence-electron chi connectivity index (χ1n) is 6.75. The summed E-state index contributed by atoms with van der Waals surface area (Å²) < 4.78 is 27.2. The van der Waals surface area contributed by atoms with Gasteiger partial charge in [0, 0.05) is 39.1 Å². The highest BCUT2D eigenvalue weighted by molar-refractivity contribution is 5.95. The molecule has 2 amide bonds. The maximum atomic E-state index is 13.6. The predicted octanol–water partition coefficient (Wildman–Crippen LogP) is 1.02. The van der Waals surface area contributed by atoms with Gasteiger partial charge in [-0.25, -0.2) is 8.78 Å². The fourth-order valence-corrected chi connectivity index (χ4v) is 2.30. The second-order valence-corrected chi connectivity index (χ2v) is 4.81. The van der Waals surface area contributed by atoms with Crippen LogP contribution >= 0.6 is 12.4 Å². The van der Waals surface area contributed by atoms with E-state index in [2.05, 4.69) is 0 Å². The second kappa shape index (κ2) is 8.05. The van der Waals surface area contributed by atoms with Gasteiger partial charge >= 0.3 is 0 Å². The Morgan fingerprint density at radius 2 is 1.55 bits per heavy atom. The highest BCUT2D eigenvalue weighted by atomic mass is 35.5. The van der Waals surface area contributed by atoms with E-state index >= 15 is 0 Å². The molecule has 1 aromatic carbocycles. The number of piperazine rings is 1. The fraction of sp³-hybridized carbons (Fsp3) is 0.429. The highest BCUT2D eigenvalue weighted by Crippen LogP contribution is 2.16. The van der Waals surface area contributed by atoms with E-state index in [0.29, 0.717) is 13.1 Å². The van der Waals surface area contributed by atoms with Gasteiger partial charge in [-0.2, -0.15) is 0 Å². The van der Waals surface area contributed by atoms with E-state index < -0.39 is 23.1 Å². The van der Waals surface area contributed by atoms with E-state index in [9.17, 15) is 18.4 Å². The first-order valence-corrected chi connectivity index (χ1v) is 6.75. The van der Waals surface area contributed by atoms with E-state index in [0.717, 1.165) is 12.1 Å². The normalized spacial score (nSPS) is 14.5. The topological polar surface area (TPSA) is 66.6 Å². The van der Waals surface area contributed by atoms with Crippen molar-refractivity contribution < 1.29 is 18.4 Å². The quantitative estimate of drug-likeness (QED) is 0.898. The number of carbonyl (C=O) groups excluding carboxylic acids is 2. The third kappa shape index (κ3) is 3.92. The SMILES string of the molecule is Cl.NCCC(=O)N1CCN(C(=O)c2c(F)cccc2F)CC1. The monoisotopic (exact) mass is 333 g/mol. The van der Waals surface area contributed by atoms with E-state index in [-0.39, 0.29) is 44.4 Å². The molecule has 2 rings (SSSR count). The Hall–Kier alpha value is -1.73. The number of rotatable bonds is 3. The van der Waals surface area contributed by atoms with Crippen molar-refractivity contribution in [2.45, 2.75) is 6.42 Å². The largest absolute Gasteiger partial charge is 0.339 e. The van der Waals surface area contributed by atoms with E-state index in [4.69, 9.17) is 5.73 Å². The summed E-state index contributed by atoms with van der Waals surface area (Å²) in [5.41, 5.74) is 4.78.